The minimum atomic E-state index is -0.523. The van der Waals surface area contributed by atoms with Crippen LogP contribution in [0.2, 0.25) is 0 Å². The zero-order chi connectivity index (χ0) is 20.4. The second kappa shape index (κ2) is 11.0. The van der Waals surface area contributed by atoms with Gasteiger partial charge in [0.1, 0.15) is 0 Å². The average molecular weight is 384 g/mol. The first kappa shape index (κ1) is 22.1. The van der Waals surface area contributed by atoms with Crippen LogP contribution in [-0.4, -0.2) is 34.9 Å². The van der Waals surface area contributed by atoms with Crippen molar-refractivity contribution in [3.8, 4) is 0 Å². The van der Waals surface area contributed by atoms with Crippen molar-refractivity contribution in [2.24, 2.45) is 0 Å². The summed E-state index contributed by atoms with van der Waals surface area (Å²) in [6.07, 6.45) is 11.8. The molecule has 0 aliphatic heterocycles. The van der Waals surface area contributed by atoms with Crippen molar-refractivity contribution >= 4 is 11.5 Å². The molecule has 1 atom stereocenters. The van der Waals surface area contributed by atoms with E-state index < -0.39 is 5.60 Å². The first-order chi connectivity index (χ1) is 13.5. The van der Waals surface area contributed by atoms with Gasteiger partial charge in [-0.25, -0.2) is 5.06 Å². The van der Waals surface area contributed by atoms with E-state index in [0.717, 1.165) is 47.5 Å². The van der Waals surface area contributed by atoms with Crippen LogP contribution in [0.1, 0.15) is 58.4 Å². The number of hydroxylamine groups is 2. The second-order valence-corrected chi connectivity index (χ2v) is 7.55. The lowest BCUT2D eigenvalue weighted by atomic mass is 9.99. The lowest BCUT2D eigenvalue weighted by molar-refractivity contribution is -0.182. The molecule has 4 nitrogen and oxygen atoms in total. The number of allylic oxidation sites excluding steroid dienone is 5. The van der Waals surface area contributed by atoms with Crippen LogP contribution in [0.25, 0.3) is 5.57 Å². The molecule has 1 aromatic carbocycles. The van der Waals surface area contributed by atoms with Gasteiger partial charge in [-0.15, -0.1) is 0 Å². The number of ether oxygens (including phenoxy) is 1. The summed E-state index contributed by atoms with van der Waals surface area (Å²) in [5, 5.41) is 11.2. The van der Waals surface area contributed by atoms with Crippen molar-refractivity contribution in [3.05, 3.63) is 65.8 Å². The highest BCUT2D eigenvalue weighted by molar-refractivity contribution is 5.80. The van der Waals surface area contributed by atoms with E-state index in [1.165, 1.54) is 0 Å². The molecule has 4 heteroatoms. The highest BCUT2D eigenvalue weighted by Gasteiger charge is 2.29. The highest BCUT2D eigenvalue weighted by atomic mass is 16.5. The predicted octanol–water partition coefficient (Wildman–Crippen LogP) is 5.55. The summed E-state index contributed by atoms with van der Waals surface area (Å²) < 4.78 is 5.92. The Hall–Kier alpha value is -2.17. The van der Waals surface area contributed by atoms with Gasteiger partial charge in [0, 0.05) is 6.61 Å². The molecule has 1 N–H and O–H groups in total. The molecule has 0 saturated heterocycles. The molecular formula is C24H33NO3. The number of amides is 1. The largest absolute Gasteiger partial charge is 0.373 e. The van der Waals surface area contributed by atoms with Crippen molar-refractivity contribution in [3.63, 3.8) is 0 Å². The van der Waals surface area contributed by atoms with E-state index in [9.17, 15) is 10.0 Å². The van der Waals surface area contributed by atoms with Gasteiger partial charge >= 0.3 is 0 Å². The van der Waals surface area contributed by atoms with Crippen molar-refractivity contribution in [2.45, 2.75) is 58.5 Å². The van der Waals surface area contributed by atoms with E-state index in [0.29, 0.717) is 6.61 Å². The molecule has 0 radical (unpaired) electrons. The third-order valence-corrected chi connectivity index (χ3v) is 4.86. The Morgan fingerprint density at radius 1 is 1.14 bits per heavy atom. The van der Waals surface area contributed by atoms with Crippen molar-refractivity contribution in [2.75, 3.05) is 13.2 Å². The second-order valence-electron chi connectivity index (χ2n) is 7.55. The van der Waals surface area contributed by atoms with Gasteiger partial charge in [0.05, 0.1) is 18.6 Å². The lowest BCUT2D eigenvalue weighted by Gasteiger charge is -2.32. The fraction of sp³-hybridized carbons (Fsp3) is 0.458. The predicted molar refractivity (Wildman–Crippen MR) is 114 cm³/mol. The summed E-state index contributed by atoms with van der Waals surface area (Å²) in [5.74, 6) is -0.304. The van der Waals surface area contributed by atoms with Crippen LogP contribution in [-0.2, 0) is 9.53 Å². The maximum absolute atomic E-state index is 12.6. The Kier molecular flexibility index (Phi) is 8.68. The van der Waals surface area contributed by atoms with Gasteiger partial charge in [-0.05, 0) is 42.9 Å². The van der Waals surface area contributed by atoms with Gasteiger partial charge in [0.25, 0.3) is 0 Å². The summed E-state index contributed by atoms with van der Waals surface area (Å²) in [6.45, 7) is 6.90. The molecule has 0 spiro atoms. The van der Waals surface area contributed by atoms with E-state index in [2.05, 4.69) is 32.1 Å². The molecule has 0 bridgehead atoms. The number of rotatable bonds is 10. The molecule has 0 heterocycles. The third kappa shape index (κ3) is 6.77. The van der Waals surface area contributed by atoms with E-state index in [1.807, 2.05) is 43.4 Å². The Labute approximate surface area is 169 Å². The van der Waals surface area contributed by atoms with Crippen LogP contribution >= 0.6 is 0 Å². The van der Waals surface area contributed by atoms with Gasteiger partial charge in [0.15, 0.2) is 0 Å². The third-order valence-electron chi connectivity index (χ3n) is 4.86. The number of nitrogens with zero attached hydrogens (tertiary/aromatic N) is 1. The summed E-state index contributed by atoms with van der Waals surface area (Å²) >= 11 is 0. The molecule has 1 aliphatic carbocycles. The van der Waals surface area contributed by atoms with E-state index in [1.54, 1.807) is 0 Å². The first-order valence-electron chi connectivity index (χ1n) is 10.2. The quantitative estimate of drug-likeness (QED) is 0.426. The fourth-order valence-corrected chi connectivity index (χ4v) is 3.39. The number of hydrogen-bond acceptors (Lipinski definition) is 3. The van der Waals surface area contributed by atoms with Crippen LogP contribution in [0.4, 0.5) is 0 Å². The zero-order valence-corrected chi connectivity index (χ0v) is 17.4. The Morgan fingerprint density at radius 2 is 1.89 bits per heavy atom. The van der Waals surface area contributed by atoms with Crippen LogP contribution in [0.3, 0.4) is 0 Å². The van der Waals surface area contributed by atoms with Crippen LogP contribution in [0.15, 0.2) is 60.2 Å². The molecular weight excluding hydrogens is 350 g/mol. The Bertz CT molecular complexity index is 721. The molecule has 1 amide bonds. The lowest BCUT2D eigenvalue weighted by Crippen LogP contribution is -2.44. The fourth-order valence-electron chi connectivity index (χ4n) is 3.39. The zero-order valence-electron chi connectivity index (χ0n) is 17.4. The van der Waals surface area contributed by atoms with Gasteiger partial charge in [-0.3, -0.25) is 10.0 Å². The minimum Gasteiger partial charge on any atom is -0.373 e. The summed E-state index contributed by atoms with van der Waals surface area (Å²) in [5.41, 5.74) is 2.69. The number of carbonyl (C=O) groups is 1. The number of carbonyl (C=O) groups excluding carboxylic acids is 1. The molecule has 0 fully saturated rings. The molecule has 152 valence electrons. The number of hydrogen-bond donors (Lipinski definition) is 1. The normalized spacial score (nSPS) is 16.0. The van der Waals surface area contributed by atoms with Crippen molar-refractivity contribution in [1.29, 1.82) is 0 Å². The van der Waals surface area contributed by atoms with Crippen molar-refractivity contribution < 1.29 is 14.7 Å². The van der Waals surface area contributed by atoms with Gasteiger partial charge in [-0.1, -0.05) is 74.9 Å². The highest BCUT2D eigenvalue weighted by Crippen LogP contribution is 2.23. The van der Waals surface area contributed by atoms with Crippen LogP contribution in [0, 0.1) is 0 Å². The Morgan fingerprint density at radius 3 is 2.57 bits per heavy atom. The average Bonchev–Trinajstić information content (AvgIpc) is 2.93. The first-order valence-corrected chi connectivity index (χ1v) is 10.2. The topological polar surface area (TPSA) is 49.8 Å². The maximum Gasteiger partial charge on any atom is 0.250 e. The van der Waals surface area contributed by atoms with E-state index >= 15 is 0 Å². The molecule has 2 rings (SSSR count). The van der Waals surface area contributed by atoms with Gasteiger partial charge < -0.3 is 4.74 Å². The maximum atomic E-state index is 12.6. The van der Waals surface area contributed by atoms with E-state index in [-0.39, 0.29) is 18.9 Å². The summed E-state index contributed by atoms with van der Waals surface area (Å²) in [6, 6.07) is 10.2. The number of benzene rings is 1. The Balaban J connectivity index is 1.95. The van der Waals surface area contributed by atoms with E-state index in [4.69, 9.17) is 4.74 Å². The smallest absolute Gasteiger partial charge is 0.250 e. The SMILES string of the molecule is CCCOC(C)(CCC)CN(O)C(=O)CC1=CCC=C(c2ccccc2)C=C1. The minimum absolute atomic E-state index is 0.179. The van der Waals surface area contributed by atoms with Crippen molar-refractivity contribution in [1.82, 2.24) is 5.06 Å². The van der Waals surface area contributed by atoms with Gasteiger partial charge in [-0.2, -0.15) is 0 Å². The monoisotopic (exact) mass is 383 g/mol. The standard InChI is InChI=1S/C24H33NO3/c1-4-16-24(3,28-17-5-2)19-25(27)23(26)18-20-10-9-13-22(15-14-20)21-11-7-6-8-12-21/h6-8,10-15,27H,4-5,9,16-19H2,1-3H3. The molecule has 1 aliphatic rings. The molecule has 28 heavy (non-hydrogen) atoms. The summed E-state index contributed by atoms with van der Waals surface area (Å²) in [7, 11) is 0. The van der Waals surface area contributed by atoms with Crippen LogP contribution < -0.4 is 0 Å². The molecule has 0 saturated carbocycles. The molecule has 1 unspecified atom stereocenters. The van der Waals surface area contributed by atoms with Gasteiger partial charge in [0.2, 0.25) is 5.91 Å². The summed E-state index contributed by atoms with van der Waals surface area (Å²) in [4.78, 5) is 12.6. The molecule has 0 aromatic heterocycles. The van der Waals surface area contributed by atoms with Crippen LogP contribution in [0.5, 0.6) is 0 Å². The molecule has 1 aromatic rings.